The Hall–Kier alpha value is -0.730. The van der Waals surface area contributed by atoms with Gasteiger partial charge in [-0.3, -0.25) is 0 Å². The molecule has 0 amide bonds. The van der Waals surface area contributed by atoms with E-state index in [1.165, 1.54) is 75.8 Å². The summed E-state index contributed by atoms with van der Waals surface area (Å²) in [6.45, 7) is 4.94. The van der Waals surface area contributed by atoms with Gasteiger partial charge in [-0.1, -0.05) is 30.9 Å². The molecule has 1 N–H and O–H groups in total. The van der Waals surface area contributed by atoms with Crippen molar-refractivity contribution in [2.45, 2.75) is 50.4 Å². The van der Waals surface area contributed by atoms with Crippen LogP contribution in [0.2, 0.25) is 5.02 Å². The van der Waals surface area contributed by atoms with Crippen molar-refractivity contribution in [2.75, 3.05) is 31.5 Å². The monoisotopic (exact) mass is 320 g/mol. The highest BCUT2D eigenvalue weighted by atomic mass is 35.5. The van der Waals surface area contributed by atoms with E-state index in [0.717, 1.165) is 17.5 Å². The van der Waals surface area contributed by atoms with Crippen molar-refractivity contribution < 1.29 is 1.43 Å². The first-order valence-electron chi connectivity index (χ1n) is 9.01. The molecule has 2 heterocycles. The third-order valence-corrected chi connectivity index (χ3v) is 6.46. The van der Waals surface area contributed by atoms with Gasteiger partial charge in [-0.2, -0.15) is 0 Å². The minimum Gasteiger partial charge on any atom is -0.384 e. The molecule has 0 unspecified atom stereocenters. The summed E-state index contributed by atoms with van der Waals surface area (Å²) in [5.41, 5.74) is 3.12. The lowest BCUT2D eigenvalue weighted by atomic mass is 9.74. The third-order valence-electron chi connectivity index (χ3n) is 6.22. The summed E-state index contributed by atoms with van der Waals surface area (Å²) < 4.78 is 0. The molecule has 122 valence electrons. The Morgan fingerprint density at radius 3 is 2.73 bits per heavy atom. The van der Waals surface area contributed by atoms with Crippen molar-refractivity contribution in [2.24, 2.45) is 5.92 Å². The number of hydrogen-bond donors (Lipinski definition) is 1. The Morgan fingerprint density at radius 1 is 1.18 bits per heavy atom. The number of rotatable bonds is 2. The Balaban J connectivity index is 0.00000156. The van der Waals surface area contributed by atoms with Crippen LogP contribution in [-0.4, -0.2) is 31.1 Å². The predicted molar refractivity (Wildman–Crippen MR) is 96.0 cm³/mol. The normalized spacial score (nSPS) is 25.1. The van der Waals surface area contributed by atoms with Crippen LogP contribution in [0.5, 0.6) is 0 Å². The van der Waals surface area contributed by atoms with Gasteiger partial charge >= 0.3 is 0 Å². The lowest BCUT2D eigenvalue weighted by Crippen LogP contribution is -2.45. The number of halogens is 1. The molecule has 0 aromatic heterocycles. The van der Waals surface area contributed by atoms with Crippen LogP contribution in [0, 0.1) is 5.92 Å². The maximum Gasteiger partial charge on any atom is 0.0410 e. The van der Waals surface area contributed by atoms with Gasteiger partial charge in [0.25, 0.3) is 0 Å². The van der Waals surface area contributed by atoms with E-state index in [9.17, 15) is 0 Å². The van der Waals surface area contributed by atoms with Gasteiger partial charge in [0.2, 0.25) is 0 Å². The molecule has 2 fully saturated rings. The number of nitrogens with zero attached hydrogens (tertiary/aromatic N) is 1. The Morgan fingerprint density at radius 2 is 1.95 bits per heavy atom. The van der Waals surface area contributed by atoms with E-state index in [1.807, 2.05) is 6.07 Å². The highest BCUT2D eigenvalue weighted by molar-refractivity contribution is 6.30. The average Bonchev–Trinajstić information content (AvgIpc) is 2.89. The minimum absolute atomic E-state index is 0. The van der Waals surface area contributed by atoms with E-state index in [-0.39, 0.29) is 1.43 Å². The smallest absolute Gasteiger partial charge is 0.0410 e. The number of piperidine rings is 1. The molecule has 1 aromatic carbocycles. The van der Waals surface area contributed by atoms with Crippen molar-refractivity contribution >= 4 is 17.3 Å². The standard InChI is InChI=1S/C19H27ClN2.H2/c20-16-6-7-18-17(12-16)19(14-21-18)8-10-22(11-9-19)13-15-4-2-1-3-5-15;/h6-7,12,15,21H,1-5,8-11,13-14H2;1H. The maximum atomic E-state index is 6.25. The maximum absolute atomic E-state index is 6.25. The lowest BCUT2D eigenvalue weighted by molar-refractivity contribution is 0.135. The average molecular weight is 321 g/mol. The zero-order valence-corrected chi connectivity index (χ0v) is 14.2. The molecular formula is C19H29ClN2. The summed E-state index contributed by atoms with van der Waals surface area (Å²) in [6.07, 6.45) is 9.85. The van der Waals surface area contributed by atoms with Crippen LogP contribution in [0.4, 0.5) is 5.69 Å². The fourth-order valence-corrected chi connectivity index (χ4v) is 4.99. The molecule has 0 radical (unpaired) electrons. The summed E-state index contributed by atoms with van der Waals surface area (Å²) in [4.78, 5) is 2.73. The molecule has 0 bridgehead atoms. The number of likely N-dealkylation sites (tertiary alicyclic amines) is 1. The molecule has 1 aliphatic carbocycles. The number of nitrogens with one attached hydrogen (secondary N) is 1. The highest BCUT2D eigenvalue weighted by Crippen LogP contribution is 2.45. The Kier molecular flexibility index (Phi) is 4.08. The largest absolute Gasteiger partial charge is 0.384 e. The van der Waals surface area contributed by atoms with Crippen LogP contribution in [0.3, 0.4) is 0 Å². The van der Waals surface area contributed by atoms with E-state index >= 15 is 0 Å². The first-order valence-corrected chi connectivity index (χ1v) is 9.39. The molecule has 1 aromatic rings. The zero-order chi connectivity index (χ0) is 15.0. The molecule has 4 rings (SSSR count). The van der Waals surface area contributed by atoms with Gasteiger partial charge in [-0.25, -0.2) is 0 Å². The van der Waals surface area contributed by atoms with Crippen LogP contribution < -0.4 is 5.32 Å². The third kappa shape index (κ3) is 2.76. The molecule has 0 atom stereocenters. The van der Waals surface area contributed by atoms with E-state index in [1.54, 1.807) is 0 Å². The van der Waals surface area contributed by atoms with Gasteiger partial charge in [-0.15, -0.1) is 0 Å². The van der Waals surface area contributed by atoms with Gasteiger partial charge in [0.1, 0.15) is 0 Å². The van der Waals surface area contributed by atoms with Crippen molar-refractivity contribution in [1.82, 2.24) is 4.90 Å². The molecule has 2 nitrogen and oxygen atoms in total. The second kappa shape index (κ2) is 6.05. The first-order chi connectivity index (χ1) is 10.8. The fraction of sp³-hybridized carbons (Fsp3) is 0.684. The van der Waals surface area contributed by atoms with Gasteiger partial charge in [0.05, 0.1) is 0 Å². The SMILES string of the molecule is Clc1ccc2c(c1)C1(CCN(CC3CCCCC3)CC1)CN2.[HH]. The molecule has 3 aliphatic rings. The first kappa shape index (κ1) is 14.8. The molecule has 22 heavy (non-hydrogen) atoms. The Bertz CT molecular complexity index is 534. The number of anilines is 1. The van der Waals surface area contributed by atoms with Gasteiger partial charge in [0, 0.05) is 30.6 Å². The summed E-state index contributed by atoms with van der Waals surface area (Å²) in [6, 6.07) is 6.36. The van der Waals surface area contributed by atoms with E-state index in [0.29, 0.717) is 5.41 Å². The van der Waals surface area contributed by atoms with Crippen LogP contribution in [-0.2, 0) is 5.41 Å². The number of hydrogen-bond acceptors (Lipinski definition) is 2. The fourth-order valence-electron chi connectivity index (χ4n) is 4.81. The summed E-state index contributed by atoms with van der Waals surface area (Å²) in [5.74, 6) is 0.964. The van der Waals surface area contributed by atoms with Gasteiger partial charge in [0.15, 0.2) is 0 Å². The van der Waals surface area contributed by atoms with Gasteiger partial charge < -0.3 is 10.2 Å². The molecule has 1 spiro atoms. The quantitative estimate of drug-likeness (QED) is 0.831. The van der Waals surface area contributed by atoms with Crippen LogP contribution in [0.1, 0.15) is 51.9 Å². The molecular weight excluding hydrogens is 292 g/mol. The van der Waals surface area contributed by atoms with E-state index < -0.39 is 0 Å². The summed E-state index contributed by atoms with van der Waals surface area (Å²) >= 11 is 6.25. The molecule has 2 aliphatic heterocycles. The van der Waals surface area contributed by atoms with E-state index in [2.05, 4.69) is 22.3 Å². The second-order valence-corrected chi connectivity index (χ2v) is 8.06. The van der Waals surface area contributed by atoms with Crippen LogP contribution in [0.15, 0.2) is 18.2 Å². The van der Waals surface area contributed by atoms with Crippen LogP contribution in [0.25, 0.3) is 0 Å². The highest BCUT2D eigenvalue weighted by Gasteiger charge is 2.41. The minimum atomic E-state index is 0. The Labute approximate surface area is 140 Å². The van der Waals surface area contributed by atoms with E-state index in [4.69, 9.17) is 11.6 Å². The van der Waals surface area contributed by atoms with Gasteiger partial charge in [-0.05, 0) is 68.5 Å². The second-order valence-electron chi connectivity index (χ2n) is 7.63. The zero-order valence-electron chi connectivity index (χ0n) is 13.4. The lowest BCUT2D eigenvalue weighted by Gasteiger charge is -2.41. The predicted octanol–water partition coefficient (Wildman–Crippen LogP) is 4.93. The topological polar surface area (TPSA) is 15.3 Å². The summed E-state index contributed by atoms with van der Waals surface area (Å²) in [5, 5.41) is 4.49. The molecule has 3 heteroatoms. The van der Waals surface area contributed by atoms with Crippen molar-refractivity contribution in [1.29, 1.82) is 0 Å². The van der Waals surface area contributed by atoms with Crippen molar-refractivity contribution in [3.63, 3.8) is 0 Å². The molecule has 1 saturated carbocycles. The molecule has 1 saturated heterocycles. The van der Waals surface area contributed by atoms with Crippen molar-refractivity contribution in [3.05, 3.63) is 28.8 Å². The van der Waals surface area contributed by atoms with Crippen LogP contribution >= 0.6 is 11.6 Å². The summed E-state index contributed by atoms with van der Waals surface area (Å²) in [7, 11) is 0. The van der Waals surface area contributed by atoms with Crippen molar-refractivity contribution in [3.8, 4) is 0 Å². The number of fused-ring (bicyclic) bond motifs is 2. The number of benzene rings is 1.